The van der Waals surface area contributed by atoms with Crippen molar-refractivity contribution in [2.24, 2.45) is 0 Å². The molecule has 9 heteroatoms. The maximum absolute atomic E-state index is 13.2. The fourth-order valence-corrected chi connectivity index (χ4v) is 2.85. The van der Waals surface area contributed by atoms with Gasteiger partial charge in [-0.3, -0.25) is 9.59 Å². The number of nitrogens with zero attached hydrogens (tertiary/aromatic N) is 2. The lowest BCUT2D eigenvalue weighted by molar-refractivity contribution is -0.141. The first kappa shape index (κ1) is 21.1. The molecule has 0 atom stereocenters. The number of para-hydroxylation sites is 1. The van der Waals surface area contributed by atoms with Crippen LogP contribution in [-0.4, -0.2) is 28.6 Å². The summed E-state index contributed by atoms with van der Waals surface area (Å²) < 4.78 is 45.8. The monoisotopic (exact) mass is 417 g/mol. The summed E-state index contributed by atoms with van der Waals surface area (Å²) in [5, 5.41) is 6.15. The molecule has 0 aliphatic carbocycles. The van der Waals surface area contributed by atoms with Gasteiger partial charge in [0, 0.05) is 23.7 Å². The molecule has 0 radical (unpaired) electrons. The largest absolute Gasteiger partial charge is 0.496 e. The van der Waals surface area contributed by atoms with Crippen LogP contribution in [0.3, 0.4) is 0 Å². The second kappa shape index (κ2) is 8.40. The first-order chi connectivity index (χ1) is 14.2. The van der Waals surface area contributed by atoms with Crippen LogP contribution < -0.4 is 10.1 Å². The maximum Gasteiger partial charge on any atom is 0.435 e. The number of amides is 1. The van der Waals surface area contributed by atoms with Crippen molar-refractivity contribution >= 4 is 11.7 Å². The lowest BCUT2D eigenvalue weighted by atomic mass is 10.1. The lowest BCUT2D eigenvalue weighted by Crippen LogP contribution is -2.25. The van der Waals surface area contributed by atoms with Crippen molar-refractivity contribution in [3.63, 3.8) is 0 Å². The van der Waals surface area contributed by atoms with Crippen molar-refractivity contribution in [1.82, 2.24) is 15.1 Å². The number of hydrogen-bond acceptors (Lipinski definition) is 4. The van der Waals surface area contributed by atoms with E-state index in [1.165, 1.54) is 38.3 Å². The Morgan fingerprint density at radius 3 is 2.50 bits per heavy atom. The fraction of sp³-hybridized carbons (Fsp3) is 0.190. The van der Waals surface area contributed by atoms with Crippen molar-refractivity contribution in [3.05, 3.63) is 77.1 Å². The predicted molar refractivity (Wildman–Crippen MR) is 103 cm³/mol. The van der Waals surface area contributed by atoms with Crippen LogP contribution in [0.2, 0.25) is 0 Å². The van der Waals surface area contributed by atoms with Gasteiger partial charge in [-0.2, -0.15) is 18.3 Å². The van der Waals surface area contributed by atoms with E-state index in [-0.39, 0.29) is 29.3 Å². The molecule has 0 aliphatic heterocycles. The molecule has 0 saturated heterocycles. The number of carbonyl (C=O) groups excluding carboxylic acids is 2. The van der Waals surface area contributed by atoms with Crippen LogP contribution in [0, 0.1) is 0 Å². The number of methoxy groups -OCH3 is 1. The van der Waals surface area contributed by atoms with Crippen molar-refractivity contribution in [2.45, 2.75) is 19.6 Å². The minimum absolute atomic E-state index is 0.0445. The first-order valence-electron chi connectivity index (χ1n) is 8.89. The molecule has 6 nitrogen and oxygen atoms in total. The Kier molecular flexibility index (Phi) is 5.91. The van der Waals surface area contributed by atoms with E-state index in [0.29, 0.717) is 17.4 Å². The van der Waals surface area contributed by atoms with Crippen LogP contribution in [0.4, 0.5) is 13.2 Å². The highest BCUT2D eigenvalue weighted by atomic mass is 19.4. The van der Waals surface area contributed by atoms with Gasteiger partial charge in [0.1, 0.15) is 11.4 Å². The molecule has 0 fully saturated rings. The van der Waals surface area contributed by atoms with E-state index in [4.69, 9.17) is 4.74 Å². The second-order valence-electron chi connectivity index (χ2n) is 6.43. The van der Waals surface area contributed by atoms with E-state index in [1.807, 2.05) is 0 Å². The van der Waals surface area contributed by atoms with Crippen molar-refractivity contribution in [2.75, 3.05) is 7.11 Å². The Balaban J connectivity index is 1.97. The summed E-state index contributed by atoms with van der Waals surface area (Å²) in [4.78, 5) is 24.4. The van der Waals surface area contributed by atoms with Crippen LogP contribution in [0.1, 0.15) is 39.0 Å². The summed E-state index contributed by atoms with van der Waals surface area (Å²) in [6.07, 6.45) is -4.74. The van der Waals surface area contributed by atoms with Gasteiger partial charge in [-0.05, 0) is 25.1 Å². The van der Waals surface area contributed by atoms with Crippen molar-refractivity contribution < 1.29 is 27.5 Å². The van der Waals surface area contributed by atoms with Gasteiger partial charge < -0.3 is 10.1 Å². The third-order valence-corrected chi connectivity index (χ3v) is 4.36. The number of Topliss-reactive ketones (excluding diaryl/α,β-unsaturated/α-hetero) is 1. The van der Waals surface area contributed by atoms with Gasteiger partial charge >= 0.3 is 6.18 Å². The van der Waals surface area contributed by atoms with Gasteiger partial charge in [-0.25, -0.2) is 4.68 Å². The Morgan fingerprint density at radius 2 is 1.83 bits per heavy atom. The zero-order chi connectivity index (χ0) is 21.9. The van der Waals surface area contributed by atoms with Gasteiger partial charge in [0.05, 0.1) is 12.8 Å². The van der Waals surface area contributed by atoms with Crippen LogP contribution in [0.25, 0.3) is 5.69 Å². The zero-order valence-corrected chi connectivity index (χ0v) is 16.2. The highest BCUT2D eigenvalue weighted by molar-refractivity contribution is 5.95. The highest BCUT2D eigenvalue weighted by Gasteiger charge is 2.36. The Bertz CT molecular complexity index is 1090. The number of ketones is 1. The summed E-state index contributed by atoms with van der Waals surface area (Å²) in [5.41, 5.74) is -0.400. The van der Waals surface area contributed by atoms with E-state index >= 15 is 0 Å². The van der Waals surface area contributed by atoms with E-state index in [2.05, 4.69) is 10.4 Å². The number of nitrogens with one attached hydrogen (secondary N) is 1. The zero-order valence-electron chi connectivity index (χ0n) is 16.2. The van der Waals surface area contributed by atoms with E-state index in [1.54, 1.807) is 24.3 Å². The molecule has 156 valence electrons. The number of aromatic nitrogens is 2. The Morgan fingerprint density at radius 1 is 1.10 bits per heavy atom. The van der Waals surface area contributed by atoms with Crippen LogP contribution in [0.5, 0.6) is 5.75 Å². The standard InChI is InChI=1S/C21H18F3N3O3/c1-13(28)14-7-5-8-16(10-14)27-17(11-19(26-27)21(22,23)24)20(29)25-12-15-6-3-4-9-18(15)30-2/h3-11H,12H2,1-2H3,(H,25,29). The summed E-state index contributed by atoms with van der Waals surface area (Å²) >= 11 is 0. The molecule has 0 bridgehead atoms. The number of hydrogen-bond donors (Lipinski definition) is 1. The smallest absolute Gasteiger partial charge is 0.435 e. The maximum atomic E-state index is 13.2. The third kappa shape index (κ3) is 4.51. The molecular weight excluding hydrogens is 399 g/mol. The molecule has 3 aromatic rings. The molecular formula is C21H18F3N3O3. The van der Waals surface area contributed by atoms with Gasteiger partial charge in [0.25, 0.3) is 5.91 Å². The molecule has 2 aromatic carbocycles. The normalized spacial score (nSPS) is 11.2. The number of ether oxygens (including phenoxy) is 1. The van der Waals surface area contributed by atoms with Gasteiger partial charge in [-0.1, -0.05) is 30.3 Å². The molecule has 1 amide bonds. The molecule has 1 N–H and O–H groups in total. The molecule has 1 heterocycles. The quantitative estimate of drug-likeness (QED) is 0.615. The summed E-state index contributed by atoms with van der Waals surface area (Å²) in [6, 6.07) is 13.5. The van der Waals surface area contributed by atoms with E-state index < -0.39 is 17.8 Å². The molecule has 0 saturated carbocycles. The SMILES string of the molecule is COc1ccccc1CNC(=O)c1cc(C(F)(F)F)nn1-c1cccc(C(C)=O)c1. The van der Waals surface area contributed by atoms with Gasteiger partial charge in [-0.15, -0.1) is 0 Å². The minimum atomic E-state index is -4.74. The predicted octanol–water partition coefficient (Wildman–Crippen LogP) is 4.03. The second-order valence-corrected chi connectivity index (χ2v) is 6.43. The van der Waals surface area contributed by atoms with Gasteiger partial charge in [0.2, 0.25) is 0 Å². The number of carbonyl (C=O) groups is 2. The van der Waals surface area contributed by atoms with Crippen LogP contribution in [-0.2, 0) is 12.7 Å². The Hall–Kier alpha value is -3.62. The van der Waals surface area contributed by atoms with E-state index in [0.717, 1.165) is 4.68 Å². The average Bonchev–Trinajstić information content (AvgIpc) is 3.18. The Labute approximate surface area is 170 Å². The lowest BCUT2D eigenvalue weighted by Gasteiger charge is -2.11. The minimum Gasteiger partial charge on any atom is -0.496 e. The molecule has 0 unspecified atom stereocenters. The fourth-order valence-electron chi connectivity index (χ4n) is 2.85. The van der Waals surface area contributed by atoms with Crippen LogP contribution >= 0.6 is 0 Å². The average molecular weight is 417 g/mol. The highest BCUT2D eigenvalue weighted by Crippen LogP contribution is 2.30. The number of alkyl halides is 3. The summed E-state index contributed by atoms with van der Waals surface area (Å²) in [7, 11) is 1.48. The van der Waals surface area contributed by atoms with Gasteiger partial charge in [0.15, 0.2) is 11.5 Å². The first-order valence-corrected chi connectivity index (χ1v) is 8.89. The molecule has 3 rings (SSSR count). The summed E-state index contributed by atoms with van der Waals surface area (Å²) in [5.74, 6) is -0.476. The molecule has 0 aliphatic rings. The van der Waals surface area contributed by atoms with Crippen LogP contribution in [0.15, 0.2) is 54.6 Å². The number of benzene rings is 2. The topological polar surface area (TPSA) is 73.2 Å². The third-order valence-electron chi connectivity index (χ3n) is 4.36. The van der Waals surface area contributed by atoms with E-state index in [9.17, 15) is 22.8 Å². The number of halogens is 3. The molecule has 0 spiro atoms. The molecule has 1 aromatic heterocycles. The van der Waals surface area contributed by atoms with Crippen molar-refractivity contribution in [1.29, 1.82) is 0 Å². The molecule has 30 heavy (non-hydrogen) atoms. The van der Waals surface area contributed by atoms with Crippen molar-refractivity contribution in [3.8, 4) is 11.4 Å². The summed E-state index contributed by atoms with van der Waals surface area (Å²) in [6.45, 7) is 1.38. The number of rotatable bonds is 6.